The fourth-order valence-electron chi connectivity index (χ4n) is 3.53. The molecule has 0 aliphatic carbocycles. The van der Waals surface area contributed by atoms with Crippen molar-refractivity contribution >= 4 is 34.5 Å². The first-order valence-electron chi connectivity index (χ1n) is 11.2. The maximum Gasteiger partial charge on any atom is 0.339 e. The van der Waals surface area contributed by atoms with Gasteiger partial charge in [-0.25, -0.2) is 14.5 Å². The van der Waals surface area contributed by atoms with E-state index < -0.39 is 17.6 Å². The molecule has 35 heavy (non-hydrogen) atoms. The molecule has 0 aliphatic rings. The smallest absolute Gasteiger partial charge is 0.339 e. The van der Waals surface area contributed by atoms with Gasteiger partial charge in [0.15, 0.2) is 11.8 Å². The molecule has 4 rings (SSSR count). The number of carbonyl (C=O) groups is 2. The summed E-state index contributed by atoms with van der Waals surface area (Å²) in [6.07, 6.45) is 3.92. The Balaban J connectivity index is 1.74. The fourth-order valence-corrected chi connectivity index (χ4v) is 3.73. The van der Waals surface area contributed by atoms with Crippen molar-refractivity contribution in [2.75, 3.05) is 0 Å². The maximum absolute atomic E-state index is 13.2. The second-order valence-electron chi connectivity index (χ2n) is 9.21. The summed E-state index contributed by atoms with van der Waals surface area (Å²) in [5, 5.41) is 8.41. The number of ether oxygens (including phenoxy) is 1. The normalized spacial score (nSPS) is 12.4. The zero-order valence-electron chi connectivity index (χ0n) is 19.9. The number of pyridine rings is 2. The zero-order chi connectivity index (χ0) is 25.2. The number of aromatic nitrogens is 4. The predicted molar refractivity (Wildman–Crippen MR) is 134 cm³/mol. The van der Waals surface area contributed by atoms with E-state index in [4.69, 9.17) is 21.3 Å². The molecule has 1 N–H and O–H groups in total. The lowest BCUT2D eigenvalue weighted by Crippen LogP contribution is -2.46. The SMILES string of the molecule is CC(OC(=O)c1cc(-c2cccnc2)nc2c1cnn2Cc1ccccc1Cl)C(=O)NC(C)(C)C. The lowest BCUT2D eigenvalue weighted by Gasteiger charge is -2.23. The molecular formula is C26H26ClN5O3. The molecule has 0 aliphatic heterocycles. The van der Waals surface area contributed by atoms with Gasteiger partial charge in [-0.3, -0.25) is 9.78 Å². The van der Waals surface area contributed by atoms with E-state index in [1.165, 1.54) is 0 Å². The van der Waals surface area contributed by atoms with Gasteiger partial charge in [-0.1, -0.05) is 29.8 Å². The average molecular weight is 492 g/mol. The van der Waals surface area contributed by atoms with E-state index in [0.29, 0.717) is 28.3 Å². The standard InChI is InChI=1S/C26H26ClN5O3/c1-16(24(33)31-26(2,3)4)35-25(34)19-12-22(17-9-7-11-28-13-17)30-23-20(19)14-29-32(23)15-18-8-5-6-10-21(18)27/h5-14,16H,15H2,1-4H3,(H,31,33). The highest BCUT2D eigenvalue weighted by Gasteiger charge is 2.25. The summed E-state index contributed by atoms with van der Waals surface area (Å²) in [4.78, 5) is 34.6. The molecule has 0 bridgehead atoms. The molecule has 0 fully saturated rings. The molecule has 4 aromatic rings. The summed E-state index contributed by atoms with van der Waals surface area (Å²) >= 11 is 6.35. The number of rotatable bonds is 6. The summed E-state index contributed by atoms with van der Waals surface area (Å²) in [5.41, 5.74) is 2.43. The summed E-state index contributed by atoms with van der Waals surface area (Å²) in [6, 6.07) is 12.8. The number of nitrogens with one attached hydrogen (secondary N) is 1. The number of fused-ring (bicyclic) bond motifs is 1. The van der Waals surface area contributed by atoms with Crippen molar-refractivity contribution in [3.8, 4) is 11.3 Å². The predicted octanol–water partition coefficient (Wildman–Crippen LogP) is 4.66. The first kappa shape index (κ1) is 24.3. The first-order chi connectivity index (χ1) is 16.6. The van der Waals surface area contributed by atoms with Crippen molar-refractivity contribution in [3.05, 3.63) is 77.2 Å². The van der Waals surface area contributed by atoms with Crippen molar-refractivity contribution in [2.45, 2.75) is 45.9 Å². The lowest BCUT2D eigenvalue weighted by atomic mass is 10.1. The van der Waals surface area contributed by atoms with Gasteiger partial charge in [-0.05, 0) is 57.5 Å². The molecule has 1 amide bonds. The largest absolute Gasteiger partial charge is 0.449 e. The Kier molecular flexibility index (Phi) is 6.84. The number of esters is 1. The van der Waals surface area contributed by atoms with Crippen LogP contribution in [0.15, 0.2) is 61.1 Å². The van der Waals surface area contributed by atoms with Gasteiger partial charge in [-0.15, -0.1) is 0 Å². The third kappa shape index (κ3) is 5.66. The highest BCUT2D eigenvalue weighted by molar-refractivity contribution is 6.31. The minimum absolute atomic E-state index is 0.259. The van der Waals surface area contributed by atoms with Crippen molar-refractivity contribution in [2.24, 2.45) is 0 Å². The van der Waals surface area contributed by atoms with Crippen LogP contribution in [0.2, 0.25) is 5.02 Å². The Hall–Kier alpha value is -3.78. The van der Waals surface area contributed by atoms with Gasteiger partial charge in [-0.2, -0.15) is 5.10 Å². The molecule has 3 heterocycles. The zero-order valence-corrected chi connectivity index (χ0v) is 20.7. The number of hydrogen-bond acceptors (Lipinski definition) is 6. The topological polar surface area (TPSA) is 99.0 Å². The van der Waals surface area contributed by atoms with Gasteiger partial charge >= 0.3 is 5.97 Å². The molecule has 9 heteroatoms. The van der Waals surface area contributed by atoms with E-state index in [1.807, 2.05) is 51.1 Å². The van der Waals surface area contributed by atoms with Crippen LogP contribution in [0.4, 0.5) is 0 Å². The monoisotopic (exact) mass is 491 g/mol. The highest BCUT2D eigenvalue weighted by atomic mass is 35.5. The molecule has 3 aromatic heterocycles. The molecule has 1 unspecified atom stereocenters. The summed E-state index contributed by atoms with van der Waals surface area (Å²) < 4.78 is 7.22. The molecule has 0 radical (unpaired) electrons. The van der Waals surface area contributed by atoms with E-state index in [0.717, 1.165) is 11.1 Å². The summed E-state index contributed by atoms with van der Waals surface area (Å²) in [6.45, 7) is 7.49. The number of benzene rings is 1. The van der Waals surface area contributed by atoms with Gasteiger partial charge in [0.2, 0.25) is 0 Å². The van der Waals surface area contributed by atoms with Gasteiger partial charge < -0.3 is 10.1 Å². The quantitative estimate of drug-likeness (QED) is 0.394. The molecule has 1 aromatic carbocycles. The Labute approximate surface area is 208 Å². The van der Waals surface area contributed by atoms with E-state index in [-0.39, 0.29) is 11.5 Å². The second kappa shape index (κ2) is 9.84. The van der Waals surface area contributed by atoms with Gasteiger partial charge in [0.1, 0.15) is 0 Å². The number of hydrogen-bond donors (Lipinski definition) is 1. The van der Waals surface area contributed by atoms with Crippen LogP contribution in [-0.2, 0) is 16.1 Å². The van der Waals surface area contributed by atoms with Crippen molar-refractivity contribution in [3.63, 3.8) is 0 Å². The Bertz CT molecular complexity index is 1380. The third-order valence-corrected chi connectivity index (χ3v) is 5.58. The highest BCUT2D eigenvalue weighted by Crippen LogP contribution is 2.27. The third-order valence-electron chi connectivity index (χ3n) is 5.22. The molecule has 180 valence electrons. The van der Waals surface area contributed by atoms with Crippen LogP contribution in [0.1, 0.15) is 43.6 Å². The molecule has 0 saturated heterocycles. The van der Waals surface area contributed by atoms with Crippen molar-refractivity contribution < 1.29 is 14.3 Å². The van der Waals surface area contributed by atoms with Crippen LogP contribution in [0.25, 0.3) is 22.3 Å². The Morgan fingerprint density at radius 1 is 1.14 bits per heavy atom. The minimum Gasteiger partial charge on any atom is -0.449 e. The maximum atomic E-state index is 13.2. The van der Waals surface area contributed by atoms with Gasteiger partial charge in [0.25, 0.3) is 5.91 Å². The molecule has 8 nitrogen and oxygen atoms in total. The summed E-state index contributed by atoms with van der Waals surface area (Å²) in [5.74, 6) is -1.02. The van der Waals surface area contributed by atoms with Crippen LogP contribution in [0.3, 0.4) is 0 Å². The van der Waals surface area contributed by atoms with Crippen LogP contribution in [-0.4, -0.2) is 43.3 Å². The van der Waals surface area contributed by atoms with Crippen LogP contribution in [0, 0.1) is 0 Å². The Morgan fingerprint density at radius 2 is 1.91 bits per heavy atom. The number of amides is 1. The lowest BCUT2D eigenvalue weighted by molar-refractivity contribution is -0.130. The Morgan fingerprint density at radius 3 is 2.60 bits per heavy atom. The summed E-state index contributed by atoms with van der Waals surface area (Å²) in [7, 11) is 0. The fraction of sp³-hybridized carbons (Fsp3) is 0.269. The number of carbonyl (C=O) groups excluding carboxylic acids is 2. The molecule has 0 spiro atoms. The number of halogens is 1. The first-order valence-corrected chi connectivity index (χ1v) is 11.5. The second-order valence-corrected chi connectivity index (χ2v) is 9.62. The van der Waals surface area contributed by atoms with E-state index >= 15 is 0 Å². The van der Waals surface area contributed by atoms with Crippen LogP contribution < -0.4 is 5.32 Å². The van der Waals surface area contributed by atoms with Crippen molar-refractivity contribution in [1.82, 2.24) is 25.1 Å². The molecular weight excluding hydrogens is 466 g/mol. The van der Waals surface area contributed by atoms with Crippen molar-refractivity contribution in [1.29, 1.82) is 0 Å². The minimum atomic E-state index is -0.982. The molecule has 1 atom stereocenters. The van der Waals surface area contributed by atoms with E-state index in [1.54, 1.807) is 42.3 Å². The van der Waals surface area contributed by atoms with Crippen LogP contribution >= 0.6 is 11.6 Å². The van der Waals surface area contributed by atoms with Crippen LogP contribution in [0.5, 0.6) is 0 Å². The van der Waals surface area contributed by atoms with Gasteiger partial charge in [0, 0.05) is 28.5 Å². The average Bonchev–Trinajstić information content (AvgIpc) is 3.22. The van der Waals surface area contributed by atoms with Gasteiger partial charge in [0.05, 0.1) is 29.4 Å². The van der Waals surface area contributed by atoms with E-state index in [2.05, 4.69) is 15.4 Å². The number of nitrogens with zero attached hydrogens (tertiary/aromatic N) is 4. The van der Waals surface area contributed by atoms with E-state index in [9.17, 15) is 9.59 Å². The molecule has 0 saturated carbocycles.